The molecule has 0 saturated carbocycles. The first-order valence-corrected chi connectivity index (χ1v) is 6.80. The second kappa shape index (κ2) is 8.13. The van der Waals surface area contributed by atoms with Crippen molar-refractivity contribution in [1.29, 1.82) is 0 Å². The Morgan fingerprint density at radius 3 is 2.59 bits per heavy atom. The summed E-state index contributed by atoms with van der Waals surface area (Å²) < 4.78 is 0. The lowest BCUT2D eigenvalue weighted by Crippen LogP contribution is -2.29. The van der Waals surface area contributed by atoms with Gasteiger partial charge in [0.05, 0.1) is 0 Å². The van der Waals surface area contributed by atoms with Crippen molar-refractivity contribution < 1.29 is 0 Å². The molecule has 0 radical (unpaired) electrons. The van der Waals surface area contributed by atoms with Crippen molar-refractivity contribution in [3.8, 4) is 0 Å². The van der Waals surface area contributed by atoms with Crippen LogP contribution in [-0.4, -0.2) is 12.6 Å². The predicted octanol–water partition coefficient (Wildman–Crippen LogP) is 3.70. The third-order valence-corrected chi connectivity index (χ3v) is 3.20. The van der Waals surface area contributed by atoms with Crippen LogP contribution in [0.15, 0.2) is 24.3 Å². The van der Waals surface area contributed by atoms with Gasteiger partial charge in [-0.1, -0.05) is 50.8 Å². The number of hydrogen-bond donors (Lipinski definition) is 2. The van der Waals surface area contributed by atoms with Gasteiger partial charge < -0.3 is 11.1 Å². The van der Waals surface area contributed by atoms with Crippen molar-refractivity contribution >= 4 is 5.69 Å². The van der Waals surface area contributed by atoms with Crippen molar-refractivity contribution in [3.63, 3.8) is 0 Å². The molecule has 0 saturated heterocycles. The quantitative estimate of drug-likeness (QED) is 0.673. The fourth-order valence-corrected chi connectivity index (χ4v) is 2.02. The Labute approximate surface area is 106 Å². The van der Waals surface area contributed by atoms with Gasteiger partial charge in [0.2, 0.25) is 0 Å². The Morgan fingerprint density at radius 2 is 1.94 bits per heavy atom. The van der Waals surface area contributed by atoms with Gasteiger partial charge in [0.25, 0.3) is 0 Å². The van der Waals surface area contributed by atoms with Crippen LogP contribution in [0.5, 0.6) is 0 Å². The van der Waals surface area contributed by atoms with E-state index in [0.29, 0.717) is 12.6 Å². The van der Waals surface area contributed by atoms with E-state index >= 15 is 0 Å². The van der Waals surface area contributed by atoms with Crippen LogP contribution in [-0.2, 0) is 0 Å². The zero-order chi connectivity index (χ0) is 12.5. The lowest BCUT2D eigenvalue weighted by molar-refractivity contribution is 0.575. The molecule has 1 aromatic carbocycles. The lowest BCUT2D eigenvalue weighted by Gasteiger charge is -2.19. The maximum Gasteiger partial charge on any atom is 0.0383 e. The summed E-state index contributed by atoms with van der Waals surface area (Å²) in [5.41, 5.74) is 8.33. The van der Waals surface area contributed by atoms with Crippen molar-refractivity contribution in [1.82, 2.24) is 0 Å². The Balaban J connectivity index is 2.38. The summed E-state index contributed by atoms with van der Waals surface area (Å²) in [6, 6.07) is 8.81. The molecule has 1 unspecified atom stereocenters. The van der Waals surface area contributed by atoms with Crippen molar-refractivity contribution in [2.75, 3.05) is 11.9 Å². The maximum absolute atomic E-state index is 5.82. The maximum atomic E-state index is 5.82. The minimum absolute atomic E-state index is 0.410. The molecule has 0 amide bonds. The number of nitrogens with one attached hydrogen (secondary N) is 1. The first-order chi connectivity index (χ1) is 8.27. The highest BCUT2D eigenvalue weighted by atomic mass is 14.9. The number of aryl methyl sites for hydroxylation is 1. The Bertz CT molecular complexity index is 310. The zero-order valence-electron chi connectivity index (χ0n) is 11.2. The van der Waals surface area contributed by atoms with Crippen LogP contribution in [0.4, 0.5) is 5.69 Å². The Kier molecular flexibility index (Phi) is 6.71. The predicted molar refractivity (Wildman–Crippen MR) is 76.4 cm³/mol. The second-order valence-electron chi connectivity index (χ2n) is 4.74. The third-order valence-electron chi connectivity index (χ3n) is 3.20. The molecule has 2 nitrogen and oxygen atoms in total. The van der Waals surface area contributed by atoms with E-state index in [1.165, 1.54) is 43.4 Å². The van der Waals surface area contributed by atoms with Crippen molar-refractivity contribution in [2.24, 2.45) is 5.73 Å². The molecule has 1 aromatic rings. The van der Waals surface area contributed by atoms with Crippen molar-refractivity contribution in [2.45, 2.75) is 52.0 Å². The minimum Gasteiger partial charge on any atom is -0.381 e. The number of hydrogen-bond acceptors (Lipinski definition) is 2. The summed E-state index contributed by atoms with van der Waals surface area (Å²) in [6.45, 7) is 5.08. The normalized spacial score (nSPS) is 12.4. The standard InChI is InChI=1S/C15H26N2/c1-3-4-5-6-10-14(12-16)17-15-11-8-7-9-13(15)2/h7-9,11,14,17H,3-6,10,12,16H2,1-2H3. The van der Waals surface area contributed by atoms with Gasteiger partial charge in [0.1, 0.15) is 0 Å². The molecule has 1 atom stereocenters. The molecule has 3 N–H and O–H groups in total. The first-order valence-electron chi connectivity index (χ1n) is 6.80. The highest BCUT2D eigenvalue weighted by Crippen LogP contribution is 2.16. The summed E-state index contributed by atoms with van der Waals surface area (Å²) in [6.07, 6.45) is 6.39. The fraction of sp³-hybridized carbons (Fsp3) is 0.600. The van der Waals surface area contributed by atoms with Crippen molar-refractivity contribution in [3.05, 3.63) is 29.8 Å². The van der Waals surface area contributed by atoms with Crippen LogP contribution < -0.4 is 11.1 Å². The van der Waals surface area contributed by atoms with Crippen LogP contribution in [0.1, 0.15) is 44.6 Å². The zero-order valence-corrected chi connectivity index (χ0v) is 11.2. The third kappa shape index (κ3) is 5.22. The summed E-state index contributed by atoms with van der Waals surface area (Å²) in [5, 5.41) is 3.55. The number of anilines is 1. The number of para-hydroxylation sites is 1. The topological polar surface area (TPSA) is 38.0 Å². The summed E-state index contributed by atoms with van der Waals surface area (Å²) >= 11 is 0. The molecule has 0 aromatic heterocycles. The van der Waals surface area contributed by atoms with E-state index < -0.39 is 0 Å². The van der Waals surface area contributed by atoms with Gasteiger partial charge in [0, 0.05) is 18.3 Å². The Hall–Kier alpha value is -1.02. The van der Waals surface area contributed by atoms with Crippen LogP contribution in [0.3, 0.4) is 0 Å². The van der Waals surface area contributed by atoms with Crippen LogP contribution in [0.25, 0.3) is 0 Å². The van der Waals surface area contributed by atoms with Gasteiger partial charge in [-0.15, -0.1) is 0 Å². The number of benzene rings is 1. The molecule has 1 rings (SSSR count). The summed E-state index contributed by atoms with van der Waals surface area (Å²) in [4.78, 5) is 0. The van der Waals surface area contributed by atoms with Gasteiger partial charge in [-0.2, -0.15) is 0 Å². The van der Waals surface area contributed by atoms with E-state index in [9.17, 15) is 0 Å². The lowest BCUT2D eigenvalue weighted by atomic mass is 10.1. The SMILES string of the molecule is CCCCCCC(CN)Nc1ccccc1C. The smallest absolute Gasteiger partial charge is 0.0383 e. The molecular weight excluding hydrogens is 208 g/mol. The van der Waals surface area contributed by atoms with Gasteiger partial charge in [-0.25, -0.2) is 0 Å². The largest absolute Gasteiger partial charge is 0.381 e. The molecule has 0 bridgehead atoms. The van der Waals surface area contributed by atoms with Gasteiger partial charge in [-0.3, -0.25) is 0 Å². The molecule has 17 heavy (non-hydrogen) atoms. The van der Waals surface area contributed by atoms with Crippen LogP contribution in [0, 0.1) is 6.92 Å². The van der Waals surface area contributed by atoms with E-state index in [1.807, 2.05) is 0 Å². The average Bonchev–Trinajstić information content (AvgIpc) is 2.35. The molecule has 0 heterocycles. The van der Waals surface area contributed by atoms with Gasteiger partial charge >= 0.3 is 0 Å². The highest BCUT2D eigenvalue weighted by molar-refractivity contribution is 5.50. The van der Waals surface area contributed by atoms with E-state index in [4.69, 9.17) is 5.73 Å². The number of rotatable bonds is 8. The molecule has 0 fully saturated rings. The minimum atomic E-state index is 0.410. The number of unbranched alkanes of at least 4 members (excludes halogenated alkanes) is 3. The molecule has 96 valence electrons. The molecule has 2 heteroatoms. The first kappa shape index (κ1) is 14.0. The summed E-state index contributed by atoms with van der Waals surface area (Å²) in [7, 11) is 0. The second-order valence-corrected chi connectivity index (χ2v) is 4.74. The highest BCUT2D eigenvalue weighted by Gasteiger charge is 2.07. The van der Waals surface area contributed by atoms with Gasteiger partial charge in [-0.05, 0) is 25.0 Å². The molecule has 0 aliphatic heterocycles. The molecule has 0 spiro atoms. The Morgan fingerprint density at radius 1 is 1.18 bits per heavy atom. The van der Waals surface area contributed by atoms with E-state index in [1.54, 1.807) is 0 Å². The van der Waals surface area contributed by atoms with Gasteiger partial charge in [0.15, 0.2) is 0 Å². The van der Waals surface area contributed by atoms with E-state index in [0.717, 1.165) is 0 Å². The van der Waals surface area contributed by atoms with E-state index in [-0.39, 0.29) is 0 Å². The fourth-order valence-electron chi connectivity index (χ4n) is 2.02. The average molecular weight is 234 g/mol. The molecular formula is C15H26N2. The molecule has 0 aliphatic carbocycles. The summed E-state index contributed by atoms with van der Waals surface area (Å²) in [5.74, 6) is 0. The van der Waals surface area contributed by atoms with E-state index in [2.05, 4.69) is 43.4 Å². The monoisotopic (exact) mass is 234 g/mol. The van der Waals surface area contributed by atoms with Crippen LogP contribution >= 0.6 is 0 Å². The molecule has 0 aliphatic rings. The van der Waals surface area contributed by atoms with Crippen LogP contribution in [0.2, 0.25) is 0 Å². The number of nitrogens with two attached hydrogens (primary N) is 1.